The van der Waals surface area contributed by atoms with E-state index in [9.17, 15) is 8.42 Å². The van der Waals surface area contributed by atoms with Crippen molar-refractivity contribution < 1.29 is 8.42 Å². The maximum Gasteiger partial charge on any atom is 0.210 e. The lowest BCUT2D eigenvalue weighted by molar-refractivity contribution is 0.0831. The number of hydrogen-bond acceptors (Lipinski definition) is 4. The number of allylic oxidation sites excluding steroid dienone is 2. The Hall–Kier alpha value is -1.20. The average molecular weight is 460 g/mol. The van der Waals surface area contributed by atoms with Crippen molar-refractivity contribution in [2.45, 2.75) is 76.3 Å². The number of fused-ring (bicyclic) bond motifs is 2. The normalized spacial score (nSPS) is 31.4. The van der Waals surface area contributed by atoms with Gasteiger partial charge >= 0.3 is 0 Å². The van der Waals surface area contributed by atoms with Crippen LogP contribution >= 0.6 is 11.3 Å². The topological polar surface area (TPSA) is 47.0 Å². The Labute approximate surface area is 192 Å². The first kappa shape index (κ1) is 23.0. The molecule has 0 radical (unpaired) electrons. The van der Waals surface area contributed by atoms with Crippen LogP contribution in [0.5, 0.6) is 0 Å². The molecule has 1 heterocycles. The second-order valence-corrected chi connectivity index (χ2v) is 13.9. The van der Waals surface area contributed by atoms with Crippen LogP contribution < -0.4 is 0 Å². The number of thiazole rings is 1. The van der Waals surface area contributed by atoms with E-state index in [4.69, 9.17) is 0 Å². The summed E-state index contributed by atoms with van der Waals surface area (Å²) < 4.78 is 28.8. The highest BCUT2D eigenvalue weighted by molar-refractivity contribution is 7.94. The van der Waals surface area contributed by atoms with Crippen molar-refractivity contribution in [3.8, 4) is 0 Å². The van der Waals surface area contributed by atoms with Crippen molar-refractivity contribution in [2.75, 3.05) is 0 Å². The quantitative estimate of drug-likeness (QED) is 0.431. The molecule has 31 heavy (non-hydrogen) atoms. The van der Waals surface area contributed by atoms with E-state index in [0.717, 1.165) is 42.3 Å². The van der Waals surface area contributed by atoms with Crippen LogP contribution in [0, 0.1) is 35.0 Å². The molecule has 1 aromatic heterocycles. The van der Waals surface area contributed by atoms with Gasteiger partial charge in [0.05, 0.1) is 15.5 Å². The molecule has 0 aliphatic heterocycles. The highest BCUT2D eigenvalue weighted by Gasteiger charge is 2.55. The van der Waals surface area contributed by atoms with Crippen molar-refractivity contribution in [2.24, 2.45) is 35.0 Å². The van der Waals surface area contributed by atoms with E-state index >= 15 is 0 Å². The van der Waals surface area contributed by atoms with Crippen LogP contribution in [0.3, 0.4) is 0 Å². The van der Waals surface area contributed by atoms with E-state index in [-0.39, 0.29) is 16.6 Å². The fourth-order valence-corrected chi connectivity index (χ4v) is 9.85. The smallest absolute Gasteiger partial charge is 0.210 e. The number of rotatable bonds is 6. The van der Waals surface area contributed by atoms with E-state index in [2.05, 4.69) is 51.8 Å². The predicted octanol–water partition coefficient (Wildman–Crippen LogP) is 7.14. The Morgan fingerprint density at radius 3 is 2.55 bits per heavy atom. The first-order chi connectivity index (χ1) is 14.6. The molecule has 0 N–H and O–H groups in total. The third-order valence-electron chi connectivity index (χ3n) is 8.46. The maximum atomic E-state index is 13.7. The van der Waals surface area contributed by atoms with Crippen LogP contribution in [-0.4, -0.2) is 18.7 Å². The monoisotopic (exact) mass is 459 g/mol. The molecule has 6 atom stereocenters. The minimum atomic E-state index is -3.41. The Bertz CT molecular complexity index is 1020. The lowest BCUT2D eigenvalue weighted by Gasteiger charge is -2.45. The third kappa shape index (κ3) is 4.13. The van der Waals surface area contributed by atoms with Gasteiger partial charge in [0.2, 0.25) is 14.2 Å². The molecule has 0 amide bonds. The first-order valence-electron chi connectivity index (χ1n) is 11.9. The Morgan fingerprint density at radius 2 is 1.84 bits per heavy atom. The molecule has 0 unspecified atom stereocenters. The zero-order valence-corrected chi connectivity index (χ0v) is 21.2. The van der Waals surface area contributed by atoms with E-state index in [1.54, 1.807) is 0 Å². The van der Waals surface area contributed by atoms with Crippen LogP contribution in [0.2, 0.25) is 0 Å². The van der Waals surface area contributed by atoms with Crippen LogP contribution in [0.4, 0.5) is 0 Å². The summed E-state index contributed by atoms with van der Waals surface area (Å²) in [5.74, 6) is 2.50. The molecule has 2 aliphatic rings. The van der Waals surface area contributed by atoms with Gasteiger partial charge in [-0.05, 0) is 72.8 Å². The van der Waals surface area contributed by atoms with Gasteiger partial charge in [0, 0.05) is 0 Å². The molecule has 2 saturated carbocycles. The summed E-state index contributed by atoms with van der Waals surface area (Å²) >= 11 is 1.34. The molecule has 2 aromatic rings. The average Bonchev–Trinajstić information content (AvgIpc) is 3.32. The van der Waals surface area contributed by atoms with Gasteiger partial charge in [0.15, 0.2) is 0 Å². The van der Waals surface area contributed by atoms with Crippen molar-refractivity contribution in [3.63, 3.8) is 0 Å². The summed E-state index contributed by atoms with van der Waals surface area (Å²) in [5.41, 5.74) is 0.893. The lowest BCUT2D eigenvalue weighted by Crippen LogP contribution is -2.44. The van der Waals surface area contributed by atoms with E-state index in [0.29, 0.717) is 28.0 Å². The summed E-state index contributed by atoms with van der Waals surface area (Å²) in [5, 5.41) is -0.289. The lowest BCUT2D eigenvalue weighted by atomic mass is 9.62. The van der Waals surface area contributed by atoms with Gasteiger partial charge in [0.1, 0.15) is 0 Å². The molecule has 2 fully saturated rings. The Balaban J connectivity index is 1.60. The highest BCUT2D eigenvalue weighted by atomic mass is 32.2. The van der Waals surface area contributed by atoms with Gasteiger partial charge in [-0.1, -0.05) is 65.3 Å². The van der Waals surface area contributed by atoms with E-state index in [1.165, 1.54) is 11.3 Å². The number of benzene rings is 1. The molecule has 0 bridgehead atoms. The molecule has 5 heteroatoms. The van der Waals surface area contributed by atoms with E-state index < -0.39 is 9.84 Å². The SMILES string of the molecule is CC(C)[C@@H](C)C=C[C@@H](C)[C@H]1CC[C@H]2[C@H](S(=O)(=O)c3nc4ccccc4s3)CCC[C@]12C. The second kappa shape index (κ2) is 8.62. The van der Waals surface area contributed by atoms with Gasteiger partial charge in [-0.15, -0.1) is 11.3 Å². The van der Waals surface area contributed by atoms with Crippen molar-refractivity contribution in [1.82, 2.24) is 4.98 Å². The minimum absolute atomic E-state index is 0.0947. The van der Waals surface area contributed by atoms with Gasteiger partial charge < -0.3 is 0 Å². The highest BCUT2D eigenvalue weighted by Crippen LogP contribution is 2.59. The zero-order chi connectivity index (χ0) is 22.4. The molecular formula is C26H37NO2S2. The molecule has 4 rings (SSSR count). The molecule has 170 valence electrons. The van der Waals surface area contributed by atoms with Crippen LogP contribution in [0.25, 0.3) is 10.2 Å². The van der Waals surface area contributed by atoms with Crippen LogP contribution in [0.1, 0.15) is 66.7 Å². The molecule has 0 spiro atoms. The standard InChI is InChI=1S/C26H37NO2S2/c1-17(2)18(3)12-13-19(4)20-14-15-21-24(11-8-16-26(20,21)5)31(28,29)25-27-22-9-6-7-10-23(22)30-25/h6-7,9-10,12-13,17-21,24H,8,11,14-16H2,1-5H3/t18-,19+,20+,21-,24+,26+/m0/s1. The van der Waals surface area contributed by atoms with Crippen molar-refractivity contribution in [1.29, 1.82) is 0 Å². The fourth-order valence-electron chi connectivity index (χ4n) is 6.20. The number of aromatic nitrogens is 1. The number of hydrogen-bond donors (Lipinski definition) is 0. The Morgan fingerprint density at radius 1 is 1.10 bits per heavy atom. The van der Waals surface area contributed by atoms with Gasteiger partial charge in [-0.25, -0.2) is 13.4 Å². The molecular weight excluding hydrogens is 422 g/mol. The molecule has 2 aliphatic carbocycles. The predicted molar refractivity (Wildman–Crippen MR) is 131 cm³/mol. The maximum absolute atomic E-state index is 13.7. The largest absolute Gasteiger partial charge is 0.225 e. The van der Waals surface area contributed by atoms with E-state index in [1.807, 2.05) is 24.3 Å². The second-order valence-electron chi connectivity index (χ2n) is 10.6. The number of para-hydroxylation sites is 1. The van der Waals surface area contributed by atoms with Crippen molar-refractivity contribution in [3.05, 3.63) is 36.4 Å². The summed E-state index contributed by atoms with van der Waals surface area (Å²) in [4.78, 5) is 4.54. The van der Waals surface area contributed by atoms with Gasteiger partial charge in [0.25, 0.3) is 0 Å². The van der Waals surface area contributed by atoms with Gasteiger partial charge in [-0.3, -0.25) is 0 Å². The minimum Gasteiger partial charge on any atom is -0.225 e. The number of nitrogens with zero attached hydrogens (tertiary/aromatic N) is 1. The summed E-state index contributed by atoms with van der Waals surface area (Å²) in [6, 6.07) is 7.75. The van der Waals surface area contributed by atoms with Crippen LogP contribution in [0.15, 0.2) is 40.8 Å². The summed E-state index contributed by atoms with van der Waals surface area (Å²) in [6.07, 6.45) is 9.87. The summed E-state index contributed by atoms with van der Waals surface area (Å²) in [6.45, 7) is 11.5. The zero-order valence-electron chi connectivity index (χ0n) is 19.5. The number of sulfone groups is 1. The Kier molecular flexibility index (Phi) is 6.39. The molecule has 3 nitrogen and oxygen atoms in total. The van der Waals surface area contributed by atoms with Crippen molar-refractivity contribution >= 4 is 31.4 Å². The fraction of sp³-hybridized carbons (Fsp3) is 0.654. The molecule has 0 saturated heterocycles. The van der Waals surface area contributed by atoms with Crippen LogP contribution in [-0.2, 0) is 9.84 Å². The molecule has 1 aromatic carbocycles. The van der Waals surface area contributed by atoms with Gasteiger partial charge in [-0.2, -0.15) is 0 Å². The first-order valence-corrected chi connectivity index (χ1v) is 14.3. The summed E-state index contributed by atoms with van der Waals surface area (Å²) in [7, 11) is -3.41. The third-order valence-corrected chi connectivity index (χ3v) is 12.2.